The van der Waals surface area contributed by atoms with Crippen LogP contribution in [0.4, 0.5) is 11.8 Å². The second-order valence-corrected chi connectivity index (χ2v) is 6.17. The maximum atomic E-state index is 11.9. The van der Waals surface area contributed by atoms with Gasteiger partial charge >= 0.3 is 5.97 Å². The highest BCUT2D eigenvalue weighted by Crippen LogP contribution is 2.21. The molecular formula is C19H21N5O2. The van der Waals surface area contributed by atoms with Gasteiger partial charge in [-0.15, -0.1) is 0 Å². The van der Waals surface area contributed by atoms with Gasteiger partial charge in [-0.3, -0.25) is 0 Å². The Bertz CT molecular complexity index is 901. The lowest BCUT2D eigenvalue weighted by atomic mass is 10.2. The number of esters is 1. The van der Waals surface area contributed by atoms with Gasteiger partial charge in [0.25, 0.3) is 0 Å². The molecule has 1 aromatic carbocycles. The number of carbonyl (C=O) groups is 1. The summed E-state index contributed by atoms with van der Waals surface area (Å²) in [5.41, 5.74) is 2.23. The van der Waals surface area contributed by atoms with Gasteiger partial charge in [-0.2, -0.15) is 0 Å². The van der Waals surface area contributed by atoms with Gasteiger partial charge in [-0.05, 0) is 37.3 Å². The predicted molar refractivity (Wildman–Crippen MR) is 101 cm³/mol. The summed E-state index contributed by atoms with van der Waals surface area (Å²) in [6.45, 7) is 5.67. The number of ether oxygens (including phenoxy) is 1. The van der Waals surface area contributed by atoms with Crippen molar-refractivity contribution in [3.05, 3.63) is 48.2 Å². The fourth-order valence-electron chi connectivity index (χ4n) is 3.18. The molecule has 0 atom stereocenters. The van der Waals surface area contributed by atoms with E-state index in [1.54, 1.807) is 19.1 Å². The molecule has 1 aliphatic heterocycles. The fraction of sp³-hybridized carbons (Fsp3) is 0.316. The third-order valence-corrected chi connectivity index (χ3v) is 4.53. The summed E-state index contributed by atoms with van der Waals surface area (Å²) in [5, 5.41) is 0. The molecule has 0 radical (unpaired) electrons. The molecule has 0 aliphatic carbocycles. The fourth-order valence-corrected chi connectivity index (χ4v) is 3.18. The van der Waals surface area contributed by atoms with Crippen LogP contribution >= 0.6 is 0 Å². The highest BCUT2D eigenvalue weighted by Gasteiger charge is 2.20. The van der Waals surface area contributed by atoms with Gasteiger partial charge in [-0.1, -0.05) is 6.07 Å². The van der Waals surface area contributed by atoms with Gasteiger partial charge in [0.2, 0.25) is 5.95 Å². The number of aromatic nitrogens is 3. The van der Waals surface area contributed by atoms with Gasteiger partial charge in [-0.25, -0.2) is 14.8 Å². The van der Waals surface area contributed by atoms with Crippen molar-refractivity contribution in [1.82, 2.24) is 15.0 Å². The number of hydrogen-bond donors (Lipinski definition) is 1. The van der Waals surface area contributed by atoms with Crippen molar-refractivity contribution in [2.45, 2.75) is 6.92 Å². The lowest BCUT2D eigenvalue weighted by molar-refractivity contribution is 0.0526. The molecule has 26 heavy (non-hydrogen) atoms. The molecule has 1 saturated heterocycles. The van der Waals surface area contributed by atoms with Crippen molar-refractivity contribution < 1.29 is 9.53 Å². The number of pyridine rings is 1. The highest BCUT2D eigenvalue weighted by atomic mass is 16.5. The average molecular weight is 351 g/mol. The van der Waals surface area contributed by atoms with Crippen LogP contribution < -0.4 is 9.80 Å². The van der Waals surface area contributed by atoms with E-state index in [0.29, 0.717) is 12.2 Å². The molecule has 2 aromatic heterocycles. The SMILES string of the molecule is CCOC(=O)c1ccc2nc(N3CCN(c4ccccn4)CC3)[nH]c2c1. The Hall–Kier alpha value is -3.09. The quantitative estimate of drug-likeness (QED) is 0.728. The molecule has 1 N–H and O–H groups in total. The Morgan fingerprint density at radius 3 is 2.69 bits per heavy atom. The van der Waals surface area contributed by atoms with Crippen molar-refractivity contribution in [2.75, 3.05) is 42.6 Å². The van der Waals surface area contributed by atoms with Gasteiger partial charge in [0, 0.05) is 32.4 Å². The van der Waals surface area contributed by atoms with Gasteiger partial charge in [0.15, 0.2) is 0 Å². The van der Waals surface area contributed by atoms with E-state index in [1.165, 1.54) is 0 Å². The molecule has 134 valence electrons. The van der Waals surface area contributed by atoms with Crippen LogP contribution in [0.5, 0.6) is 0 Å². The van der Waals surface area contributed by atoms with Crippen LogP contribution in [-0.4, -0.2) is 53.7 Å². The summed E-state index contributed by atoms with van der Waals surface area (Å²) >= 11 is 0. The molecule has 7 heteroatoms. The lowest BCUT2D eigenvalue weighted by Gasteiger charge is -2.35. The first kappa shape index (κ1) is 16.4. The van der Waals surface area contributed by atoms with Gasteiger partial charge in [0.05, 0.1) is 23.2 Å². The molecule has 3 heterocycles. The van der Waals surface area contributed by atoms with Crippen molar-refractivity contribution in [2.24, 2.45) is 0 Å². The van der Waals surface area contributed by atoms with Crippen LogP contribution in [0.1, 0.15) is 17.3 Å². The molecule has 0 amide bonds. The van der Waals surface area contributed by atoms with Crippen LogP contribution in [0.2, 0.25) is 0 Å². The number of nitrogens with one attached hydrogen (secondary N) is 1. The molecule has 0 spiro atoms. The van der Waals surface area contributed by atoms with Crippen LogP contribution in [0.15, 0.2) is 42.6 Å². The zero-order valence-corrected chi connectivity index (χ0v) is 14.7. The Morgan fingerprint density at radius 1 is 1.15 bits per heavy atom. The minimum absolute atomic E-state index is 0.311. The molecule has 0 bridgehead atoms. The van der Waals surface area contributed by atoms with Crippen molar-refractivity contribution >= 4 is 28.8 Å². The third kappa shape index (κ3) is 3.20. The highest BCUT2D eigenvalue weighted by molar-refractivity contribution is 5.94. The van der Waals surface area contributed by atoms with E-state index in [1.807, 2.05) is 30.5 Å². The zero-order valence-electron chi connectivity index (χ0n) is 14.7. The lowest BCUT2D eigenvalue weighted by Crippen LogP contribution is -2.47. The number of nitrogens with zero attached hydrogens (tertiary/aromatic N) is 4. The Morgan fingerprint density at radius 2 is 1.96 bits per heavy atom. The monoisotopic (exact) mass is 351 g/mol. The molecular weight excluding hydrogens is 330 g/mol. The summed E-state index contributed by atoms with van der Waals surface area (Å²) in [5.74, 6) is 1.53. The Labute approximate surface area is 151 Å². The van der Waals surface area contributed by atoms with E-state index in [2.05, 4.69) is 24.8 Å². The van der Waals surface area contributed by atoms with E-state index in [-0.39, 0.29) is 5.97 Å². The van der Waals surface area contributed by atoms with Gasteiger partial charge < -0.3 is 19.5 Å². The van der Waals surface area contributed by atoms with Gasteiger partial charge in [0.1, 0.15) is 5.82 Å². The summed E-state index contributed by atoms with van der Waals surface area (Å²) in [6.07, 6.45) is 1.82. The number of anilines is 2. The predicted octanol–water partition coefficient (Wildman–Crippen LogP) is 2.46. The molecule has 0 saturated carbocycles. The molecule has 4 rings (SSSR count). The number of carbonyl (C=O) groups excluding carboxylic acids is 1. The maximum Gasteiger partial charge on any atom is 0.338 e. The summed E-state index contributed by atoms with van der Waals surface area (Å²) in [6, 6.07) is 11.4. The molecule has 3 aromatic rings. The Balaban J connectivity index is 1.48. The van der Waals surface area contributed by atoms with E-state index in [0.717, 1.165) is 49.0 Å². The number of benzene rings is 1. The number of rotatable bonds is 4. The molecule has 1 fully saturated rings. The molecule has 7 nitrogen and oxygen atoms in total. The number of H-pyrrole nitrogens is 1. The maximum absolute atomic E-state index is 11.9. The summed E-state index contributed by atoms with van der Waals surface area (Å²) < 4.78 is 5.06. The number of hydrogen-bond acceptors (Lipinski definition) is 6. The first-order chi connectivity index (χ1) is 12.7. The second-order valence-electron chi connectivity index (χ2n) is 6.17. The zero-order chi connectivity index (χ0) is 17.9. The summed E-state index contributed by atoms with van der Waals surface area (Å²) in [4.78, 5) is 28.8. The number of imidazole rings is 1. The van der Waals surface area contributed by atoms with E-state index < -0.39 is 0 Å². The normalized spacial score (nSPS) is 14.7. The Kier molecular flexibility index (Phi) is 4.43. The van der Waals surface area contributed by atoms with Crippen LogP contribution in [0.3, 0.4) is 0 Å². The van der Waals surface area contributed by atoms with E-state index in [4.69, 9.17) is 4.74 Å². The first-order valence-electron chi connectivity index (χ1n) is 8.82. The number of fused-ring (bicyclic) bond motifs is 1. The van der Waals surface area contributed by atoms with E-state index >= 15 is 0 Å². The average Bonchev–Trinajstić information content (AvgIpc) is 3.12. The first-order valence-corrected chi connectivity index (χ1v) is 8.82. The van der Waals surface area contributed by atoms with Crippen molar-refractivity contribution in [3.8, 4) is 0 Å². The molecule has 1 aliphatic rings. The number of piperazine rings is 1. The standard InChI is InChI=1S/C19H21N5O2/c1-2-26-18(25)14-6-7-15-16(13-14)22-19(21-15)24-11-9-23(10-12-24)17-5-3-4-8-20-17/h3-8,13H,2,9-12H2,1H3,(H,21,22). The van der Waals surface area contributed by atoms with E-state index in [9.17, 15) is 4.79 Å². The second kappa shape index (κ2) is 7.03. The largest absolute Gasteiger partial charge is 0.462 e. The smallest absolute Gasteiger partial charge is 0.338 e. The number of aromatic amines is 1. The van der Waals surface area contributed by atoms with Crippen LogP contribution in [0.25, 0.3) is 11.0 Å². The minimum atomic E-state index is -0.311. The minimum Gasteiger partial charge on any atom is -0.462 e. The van der Waals surface area contributed by atoms with Crippen molar-refractivity contribution in [1.29, 1.82) is 0 Å². The third-order valence-electron chi connectivity index (χ3n) is 4.53. The van der Waals surface area contributed by atoms with Crippen LogP contribution in [-0.2, 0) is 4.74 Å². The molecule has 0 unspecified atom stereocenters. The van der Waals surface area contributed by atoms with Crippen LogP contribution in [0, 0.1) is 0 Å². The van der Waals surface area contributed by atoms with Crippen molar-refractivity contribution in [3.63, 3.8) is 0 Å². The summed E-state index contributed by atoms with van der Waals surface area (Å²) in [7, 11) is 0. The topological polar surface area (TPSA) is 74.3 Å².